The summed E-state index contributed by atoms with van der Waals surface area (Å²) >= 11 is 1.30. The van der Waals surface area contributed by atoms with E-state index in [0.29, 0.717) is 17.7 Å². The number of amides is 1. The lowest BCUT2D eigenvalue weighted by molar-refractivity contribution is -0.119. The van der Waals surface area contributed by atoms with Crippen molar-refractivity contribution in [2.75, 3.05) is 12.4 Å². The van der Waals surface area contributed by atoms with Crippen LogP contribution >= 0.6 is 11.8 Å². The van der Waals surface area contributed by atoms with Crippen LogP contribution in [0.4, 0.5) is 0 Å². The quantitative estimate of drug-likeness (QED) is 0.758. The van der Waals surface area contributed by atoms with Crippen LogP contribution in [0.2, 0.25) is 0 Å². The van der Waals surface area contributed by atoms with Crippen LogP contribution in [0.3, 0.4) is 0 Å². The Morgan fingerprint density at radius 1 is 1.36 bits per heavy atom. The van der Waals surface area contributed by atoms with Crippen LogP contribution in [0.15, 0.2) is 9.95 Å². The molecular weight excluding hydrogens is 304 g/mol. The van der Waals surface area contributed by atoms with Gasteiger partial charge in [-0.05, 0) is 25.7 Å². The summed E-state index contributed by atoms with van der Waals surface area (Å²) in [5, 5.41) is 10.1. The van der Waals surface area contributed by atoms with E-state index in [1.54, 1.807) is 4.57 Å². The molecule has 122 valence electrons. The molecule has 8 heteroatoms. The molecule has 0 spiro atoms. The molecule has 2 N–H and O–H groups in total. The minimum Gasteiger partial charge on any atom is -0.376 e. The van der Waals surface area contributed by atoms with Gasteiger partial charge in [0.2, 0.25) is 5.91 Å². The molecule has 0 radical (unpaired) electrons. The van der Waals surface area contributed by atoms with Crippen LogP contribution in [-0.4, -0.2) is 45.2 Å². The van der Waals surface area contributed by atoms with Crippen molar-refractivity contribution in [2.24, 2.45) is 0 Å². The van der Waals surface area contributed by atoms with E-state index in [1.807, 2.05) is 0 Å². The van der Waals surface area contributed by atoms with Crippen LogP contribution in [0.1, 0.15) is 38.5 Å². The lowest BCUT2D eigenvalue weighted by Crippen LogP contribution is -2.34. The third-order valence-corrected chi connectivity index (χ3v) is 5.16. The first-order valence-electron chi connectivity index (χ1n) is 7.91. The van der Waals surface area contributed by atoms with Gasteiger partial charge in [0.05, 0.1) is 18.4 Å². The molecule has 1 aliphatic carbocycles. The van der Waals surface area contributed by atoms with Crippen LogP contribution in [0.25, 0.3) is 0 Å². The zero-order valence-corrected chi connectivity index (χ0v) is 13.4. The molecule has 1 aliphatic heterocycles. The van der Waals surface area contributed by atoms with E-state index in [-0.39, 0.29) is 23.5 Å². The summed E-state index contributed by atoms with van der Waals surface area (Å²) in [6, 6.07) is 0.321. The predicted octanol–water partition coefficient (Wildman–Crippen LogP) is 0.901. The zero-order chi connectivity index (χ0) is 15.4. The molecule has 1 amide bonds. The van der Waals surface area contributed by atoms with Crippen LogP contribution in [0, 0.1) is 0 Å². The molecule has 1 saturated heterocycles. The van der Waals surface area contributed by atoms with Crippen molar-refractivity contribution in [1.82, 2.24) is 20.1 Å². The Labute approximate surface area is 133 Å². The van der Waals surface area contributed by atoms with Gasteiger partial charge in [0.1, 0.15) is 0 Å². The van der Waals surface area contributed by atoms with Gasteiger partial charge in [-0.25, -0.2) is 9.89 Å². The second-order valence-corrected chi connectivity index (χ2v) is 6.84. The van der Waals surface area contributed by atoms with Crippen molar-refractivity contribution in [3.05, 3.63) is 10.5 Å². The number of carbonyl (C=O) groups excluding carboxylic acids is 1. The number of nitrogens with zero attached hydrogens (tertiary/aromatic N) is 2. The Morgan fingerprint density at radius 2 is 2.18 bits per heavy atom. The Morgan fingerprint density at radius 3 is 2.91 bits per heavy atom. The van der Waals surface area contributed by atoms with Crippen molar-refractivity contribution >= 4 is 17.7 Å². The molecule has 1 saturated carbocycles. The highest BCUT2D eigenvalue weighted by Crippen LogP contribution is 2.20. The Balaban J connectivity index is 1.53. The minimum atomic E-state index is -0.241. The number of nitrogens with one attached hydrogen (secondary N) is 2. The Hall–Kier alpha value is -1.28. The van der Waals surface area contributed by atoms with Crippen LogP contribution < -0.4 is 11.0 Å². The number of hydrogen-bond acceptors (Lipinski definition) is 5. The van der Waals surface area contributed by atoms with Gasteiger partial charge < -0.3 is 10.1 Å². The molecule has 3 rings (SSSR count). The van der Waals surface area contributed by atoms with Gasteiger partial charge in [0.25, 0.3) is 0 Å². The first-order chi connectivity index (χ1) is 10.7. The molecule has 2 heterocycles. The topological polar surface area (TPSA) is 89.0 Å². The van der Waals surface area contributed by atoms with Crippen molar-refractivity contribution in [3.8, 4) is 0 Å². The predicted molar refractivity (Wildman–Crippen MR) is 82.9 cm³/mol. The average molecular weight is 326 g/mol. The van der Waals surface area contributed by atoms with Gasteiger partial charge >= 0.3 is 5.69 Å². The van der Waals surface area contributed by atoms with Gasteiger partial charge in [0, 0.05) is 12.6 Å². The normalized spacial score (nSPS) is 22.3. The van der Waals surface area contributed by atoms with Crippen LogP contribution in [-0.2, 0) is 16.1 Å². The molecule has 22 heavy (non-hydrogen) atoms. The molecule has 2 aliphatic rings. The third-order valence-electron chi connectivity index (χ3n) is 4.19. The first-order valence-corrected chi connectivity index (χ1v) is 8.90. The summed E-state index contributed by atoms with van der Waals surface area (Å²) in [7, 11) is 0. The van der Waals surface area contributed by atoms with Crippen LogP contribution in [0.5, 0.6) is 0 Å². The van der Waals surface area contributed by atoms with Crippen molar-refractivity contribution in [1.29, 1.82) is 0 Å². The van der Waals surface area contributed by atoms with Gasteiger partial charge in [0.15, 0.2) is 5.16 Å². The second kappa shape index (κ2) is 7.32. The summed E-state index contributed by atoms with van der Waals surface area (Å²) in [6.07, 6.45) is 6.59. The molecule has 0 bridgehead atoms. The molecule has 1 aromatic heterocycles. The average Bonchev–Trinajstić information content (AvgIpc) is 3.23. The third kappa shape index (κ3) is 3.92. The van der Waals surface area contributed by atoms with Crippen molar-refractivity contribution < 1.29 is 9.53 Å². The van der Waals surface area contributed by atoms with E-state index in [1.165, 1.54) is 24.6 Å². The number of ether oxygens (including phenoxy) is 1. The van der Waals surface area contributed by atoms with Gasteiger partial charge in [-0.2, -0.15) is 0 Å². The monoisotopic (exact) mass is 326 g/mol. The lowest BCUT2D eigenvalue weighted by Gasteiger charge is -2.12. The van der Waals surface area contributed by atoms with E-state index in [4.69, 9.17) is 4.74 Å². The van der Waals surface area contributed by atoms with E-state index in [9.17, 15) is 9.59 Å². The zero-order valence-electron chi connectivity index (χ0n) is 12.5. The van der Waals surface area contributed by atoms with Crippen molar-refractivity contribution in [3.63, 3.8) is 0 Å². The number of rotatable bonds is 6. The molecule has 2 fully saturated rings. The minimum absolute atomic E-state index is 0.0102. The number of aromatic amines is 1. The summed E-state index contributed by atoms with van der Waals surface area (Å²) in [6.45, 7) is 1.26. The summed E-state index contributed by atoms with van der Waals surface area (Å²) < 4.78 is 7.13. The largest absolute Gasteiger partial charge is 0.376 e. The number of H-pyrrole nitrogens is 1. The van der Waals surface area contributed by atoms with Gasteiger partial charge in [-0.3, -0.25) is 9.36 Å². The van der Waals surface area contributed by atoms with E-state index < -0.39 is 0 Å². The smallest absolute Gasteiger partial charge is 0.344 e. The highest BCUT2D eigenvalue weighted by molar-refractivity contribution is 7.99. The molecule has 1 atom stereocenters. The first kappa shape index (κ1) is 15.6. The molecule has 0 unspecified atom stereocenters. The second-order valence-electron chi connectivity index (χ2n) is 5.89. The van der Waals surface area contributed by atoms with E-state index in [0.717, 1.165) is 32.3 Å². The number of thioether (sulfide) groups is 1. The summed E-state index contributed by atoms with van der Waals surface area (Å²) in [5.41, 5.74) is -0.241. The fourth-order valence-corrected chi connectivity index (χ4v) is 3.80. The van der Waals surface area contributed by atoms with Gasteiger partial charge in [-0.1, -0.05) is 24.6 Å². The molecule has 0 aromatic carbocycles. The van der Waals surface area contributed by atoms with Crippen molar-refractivity contribution in [2.45, 2.75) is 62.4 Å². The maximum atomic E-state index is 12.0. The van der Waals surface area contributed by atoms with E-state index >= 15 is 0 Å². The summed E-state index contributed by atoms with van der Waals surface area (Å²) in [5.74, 6) is 0.294. The Bertz CT molecular complexity index is 559. The fraction of sp³-hybridized carbons (Fsp3) is 0.786. The highest BCUT2D eigenvalue weighted by atomic mass is 32.2. The highest BCUT2D eigenvalue weighted by Gasteiger charge is 2.21. The van der Waals surface area contributed by atoms with Gasteiger partial charge in [-0.15, -0.1) is 5.10 Å². The molecule has 1 aromatic rings. The van der Waals surface area contributed by atoms with E-state index in [2.05, 4.69) is 15.5 Å². The fourth-order valence-electron chi connectivity index (χ4n) is 3.04. The molecular formula is C14H22N4O3S. The Kier molecular flexibility index (Phi) is 5.20. The number of hydrogen-bond donors (Lipinski definition) is 2. The maximum absolute atomic E-state index is 12.0. The number of carbonyl (C=O) groups is 1. The lowest BCUT2D eigenvalue weighted by atomic mass is 10.2. The maximum Gasteiger partial charge on any atom is 0.344 e. The summed E-state index contributed by atoms with van der Waals surface area (Å²) in [4.78, 5) is 23.8. The number of aromatic nitrogens is 3. The SMILES string of the molecule is O=C(CSc1n[nH]c(=O)n1C[C@H]1CCCO1)NC1CCCC1. The standard InChI is InChI=1S/C14H22N4O3S/c19-12(15-10-4-1-2-5-10)9-22-14-17-16-13(20)18(14)8-11-6-3-7-21-11/h10-11H,1-9H2,(H,15,19)(H,16,20)/t11-/m1/s1. The molecule has 7 nitrogen and oxygen atoms in total.